The molecule has 0 radical (unpaired) electrons. The van der Waals surface area contributed by atoms with E-state index < -0.39 is 10.0 Å². The predicted molar refractivity (Wildman–Crippen MR) is 98.8 cm³/mol. The van der Waals surface area contributed by atoms with E-state index in [1.807, 2.05) is 10.7 Å². The topological polar surface area (TPSA) is 67.2 Å². The van der Waals surface area contributed by atoms with Crippen LogP contribution in [-0.4, -0.2) is 41.9 Å². The van der Waals surface area contributed by atoms with Crippen LogP contribution in [0.3, 0.4) is 0 Å². The zero-order chi connectivity index (χ0) is 18.0. The third-order valence-electron chi connectivity index (χ3n) is 4.77. The van der Waals surface area contributed by atoms with Crippen molar-refractivity contribution in [1.82, 2.24) is 19.4 Å². The second kappa shape index (κ2) is 7.27. The zero-order valence-corrected chi connectivity index (χ0v) is 15.9. The number of nitrogens with one attached hydrogen (secondary N) is 1. The van der Waals surface area contributed by atoms with E-state index in [1.165, 1.54) is 16.7 Å². The molecule has 0 fully saturated rings. The Labute approximate surface area is 149 Å². The number of rotatable bonds is 6. The van der Waals surface area contributed by atoms with Crippen molar-refractivity contribution in [3.63, 3.8) is 0 Å². The van der Waals surface area contributed by atoms with Crippen LogP contribution < -0.4 is 4.72 Å². The summed E-state index contributed by atoms with van der Waals surface area (Å²) in [6.45, 7) is 8.71. The van der Waals surface area contributed by atoms with Gasteiger partial charge in [-0.2, -0.15) is 5.10 Å². The first-order chi connectivity index (χ1) is 11.9. The van der Waals surface area contributed by atoms with E-state index in [1.54, 1.807) is 13.1 Å². The Bertz CT molecular complexity index is 845. The molecule has 1 unspecified atom stereocenters. The van der Waals surface area contributed by atoms with Crippen molar-refractivity contribution in [3.8, 4) is 0 Å². The van der Waals surface area contributed by atoms with Gasteiger partial charge in [-0.15, -0.1) is 0 Å². The summed E-state index contributed by atoms with van der Waals surface area (Å²) < 4.78 is 28.2. The molecule has 2 aromatic rings. The molecule has 0 saturated carbocycles. The molecule has 136 valence electrons. The Hall–Kier alpha value is -1.70. The molecule has 1 N–H and O–H groups in total. The molecule has 0 saturated heterocycles. The quantitative estimate of drug-likeness (QED) is 0.853. The highest BCUT2D eigenvalue weighted by molar-refractivity contribution is 7.89. The summed E-state index contributed by atoms with van der Waals surface area (Å²) in [7, 11) is -3.20. The lowest BCUT2D eigenvalue weighted by molar-refractivity contribution is 0.167. The van der Waals surface area contributed by atoms with Gasteiger partial charge in [0.15, 0.2) is 0 Å². The molecule has 7 heteroatoms. The summed E-state index contributed by atoms with van der Waals surface area (Å²) in [6, 6.07) is 8.54. The van der Waals surface area contributed by atoms with Gasteiger partial charge in [0.2, 0.25) is 10.0 Å². The van der Waals surface area contributed by atoms with Crippen LogP contribution in [0.1, 0.15) is 35.3 Å². The monoisotopic (exact) mass is 362 g/mol. The molecule has 0 bridgehead atoms. The molecule has 1 atom stereocenters. The first kappa shape index (κ1) is 18.1. The third kappa shape index (κ3) is 4.29. The standard InChI is InChI=1S/C18H26N4O2S/c1-4-25(23,24)20-10-18-13-21(12-17-7-8-19-22(17)18)11-16-9-14(2)5-6-15(16)3/h5-9,18,20H,4,10-13H2,1-3H3. The summed E-state index contributed by atoms with van der Waals surface area (Å²) in [4.78, 5) is 2.36. The Morgan fingerprint density at radius 2 is 2.08 bits per heavy atom. The van der Waals surface area contributed by atoms with Crippen molar-refractivity contribution in [1.29, 1.82) is 0 Å². The van der Waals surface area contributed by atoms with Crippen molar-refractivity contribution >= 4 is 10.0 Å². The largest absolute Gasteiger partial charge is 0.291 e. The van der Waals surface area contributed by atoms with E-state index in [9.17, 15) is 8.42 Å². The van der Waals surface area contributed by atoms with Crippen molar-refractivity contribution < 1.29 is 8.42 Å². The molecule has 2 heterocycles. The van der Waals surface area contributed by atoms with Gasteiger partial charge in [-0.25, -0.2) is 13.1 Å². The summed E-state index contributed by atoms with van der Waals surface area (Å²) in [6.07, 6.45) is 1.79. The molecular weight excluding hydrogens is 336 g/mol. The van der Waals surface area contributed by atoms with Crippen molar-refractivity contribution in [3.05, 3.63) is 52.8 Å². The Morgan fingerprint density at radius 1 is 1.28 bits per heavy atom. The lowest BCUT2D eigenvalue weighted by Crippen LogP contribution is -2.43. The second-order valence-corrected chi connectivity index (χ2v) is 8.87. The minimum absolute atomic E-state index is 0.00481. The fourth-order valence-corrected chi connectivity index (χ4v) is 3.92. The van der Waals surface area contributed by atoms with Crippen LogP contribution in [0.15, 0.2) is 30.5 Å². The van der Waals surface area contributed by atoms with E-state index >= 15 is 0 Å². The molecule has 0 aliphatic carbocycles. The van der Waals surface area contributed by atoms with Crippen molar-refractivity contribution in [2.75, 3.05) is 18.8 Å². The van der Waals surface area contributed by atoms with Crippen LogP contribution in [0, 0.1) is 13.8 Å². The first-order valence-corrected chi connectivity index (χ1v) is 10.3. The molecule has 25 heavy (non-hydrogen) atoms. The van der Waals surface area contributed by atoms with Gasteiger partial charge in [-0.05, 0) is 38.0 Å². The van der Waals surface area contributed by atoms with Crippen LogP contribution >= 0.6 is 0 Å². The number of fused-ring (bicyclic) bond motifs is 1. The Kier molecular flexibility index (Phi) is 5.27. The van der Waals surface area contributed by atoms with Gasteiger partial charge in [0.1, 0.15) is 0 Å². The van der Waals surface area contributed by atoms with Crippen molar-refractivity contribution in [2.24, 2.45) is 0 Å². The number of benzene rings is 1. The zero-order valence-electron chi connectivity index (χ0n) is 15.1. The summed E-state index contributed by atoms with van der Waals surface area (Å²) in [5, 5.41) is 4.39. The van der Waals surface area contributed by atoms with Gasteiger partial charge in [-0.1, -0.05) is 23.8 Å². The average molecular weight is 362 g/mol. The van der Waals surface area contributed by atoms with Crippen LogP contribution in [0.25, 0.3) is 0 Å². The van der Waals surface area contributed by atoms with Gasteiger partial charge in [-0.3, -0.25) is 9.58 Å². The number of aromatic nitrogens is 2. The van der Waals surface area contributed by atoms with E-state index in [2.05, 4.69) is 46.8 Å². The normalized spacial score (nSPS) is 18.3. The van der Waals surface area contributed by atoms with Gasteiger partial charge >= 0.3 is 0 Å². The fraction of sp³-hybridized carbons (Fsp3) is 0.500. The van der Waals surface area contributed by atoms with Crippen molar-refractivity contribution in [2.45, 2.75) is 39.9 Å². The first-order valence-electron chi connectivity index (χ1n) is 8.66. The number of sulfonamides is 1. The maximum Gasteiger partial charge on any atom is 0.211 e. The second-order valence-electron chi connectivity index (χ2n) is 6.77. The molecule has 1 aliphatic heterocycles. The van der Waals surface area contributed by atoms with Gasteiger partial charge in [0.05, 0.1) is 17.5 Å². The third-order valence-corrected chi connectivity index (χ3v) is 6.14. The molecule has 1 aromatic heterocycles. The average Bonchev–Trinajstić information content (AvgIpc) is 3.05. The van der Waals surface area contributed by atoms with Crippen LogP contribution in [0.5, 0.6) is 0 Å². The molecule has 0 spiro atoms. The fourth-order valence-electron chi connectivity index (χ4n) is 3.27. The van der Waals surface area contributed by atoms with Gasteiger partial charge in [0.25, 0.3) is 0 Å². The van der Waals surface area contributed by atoms with Gasteiger partial charge < -0.3 is 0 Å². The highest BCUT2D eigenvalue weighted by atomic mass is 32.2. The molecule has 0 amide bonds. The van der Waals surface area contributed by atoms with E-state index in [4.69, 9.17) is 0 Å². The van der Waals surface area contributed by atoms with Crippen LogP contribution in [0.2, 0.25) is 0 Å². The number of nitrogens with zero attached hydrogens (tertiary/aromatic N) is 3. The highest BCUT2D eigenvalue weighted by Crippen LogP contribution is 2.23. The SMILES string of the molecule is CCS(=O)(=O)NCC1CN(Cc2cc(C)ccc2C)Cc2ccnn21. The summed E-state index contributed by atoms with van der Waals surface area (Å²) in [5.74, 6) is 0.0951. The minimum atomic E-state index is -3.20. The van der Waals surface area contributed by atoms with Gasteiger partial charge in [0, 0.05) is 32.4 Å². The molecular formula is C18H26N4O2S. The maximum absolute atomic E-state index is 11.8. The lowest BCUT2D eigenvalue weighted by atomic mass is 10.0. The van der Waals surface area contributed by atoms with E-state index in [0.29, 0.717) is 6.54 Å². The molecule has 1 aromatic carbocycles. The summed E-state index contributed by atoms with van der Waals surface area (Å²) in [5.41, 5.74) is 4.99. The number of aryl methyl sites for hydroxylation is 2. The van der Waals surface area contributed by atoms with Crippen LogP contribution in [0.4, 0.5) is 0 Å². The molecule has 3 rings (SSSR count). The van der Waals surface area contributed by atoms with Crippen LogP contribution in [-0.2, 0) is 23.1 Å². The molecule has 6 nitrogen and oxygen atoms in total. The number of hydrogen-bond donors (Lipinski definition) is 1. The predicted octanol–water partition coefficient (Wildman–Crippen LogP) is 2.00. The Balaban J connectivity index is 1.76. The summed E-state index contributed by atoms with van der Waals surface area (Å²) >= 11 is 0. The number of hydrogen-bond acceptors (Lipinski definition) is 4. The lowest BCUT2D eigenvalue weighted by Gasteiger charge is -2.34. The minimum Gasteiger partial charge on any atom is -0.291 e. The maximum atomic E-state index is 11.8. The molecule has 1 aliphatic rings. The highest BCUT2D eigenvalue weighted by Gasteiger charge is 2.26. The smallest absolute Gasteiger partial charge is 0.211 e. The Morgan fingerprint density at radius 3 is 2.84 bits per heavy atom. The van der Waals surface area contributed by atoms with E-state index in [-0.39, 0.29) is 11.8 Å². The van der Waals surface area contributed by atoms with E-state index in [0.717, 1.165) is 25.3 Å².